The summed E-state index contributed by atoms with van der Waals surface area (Å²) in [6.07, 6.45) is 0.446. The summed E-state index contributed by atoms with van der Waals surface area (Å²) >= 11 is 2.04. The number of fused-ring (bicyclic) bond motifs is 4. The Hall–Kier alpha value is -2.86. The van der Waals surface area contributed by atoms with Crippen LogP contribution >= 0.6 is 11.8 Å². The van der Waals surface area contributed by atoms with E-state index in [0.717, 1.165) is 77.1 Å². The van der Waals surface area contributed by atoms with Crippen molar-refractivity contribution < 1.29 is 23.1 Å². The van der Waals surface area contributed by atoms with Crippen LogP contribution in [0.2, 0.25) is 36.3 Å². The molecule has 1 fully saturated rings. The van der Waals surface area contributed by atoms with E-state index in [4.69, 9.17) is 23.1 Å². The molecule has 6 nitrogen and oxygen atoms in total. The van der Waals surface area contributed by atoms with Crippen molar-refractivity contribution in [1.29, 1.82) is 0 Å². The third kappa shape index (κ3) is 7.96. The highest BCUT2D eigenvalue weighted by Crippen LogP contribution is 2.53. The first-order chi connectivity index (χ1) is 23.5. The van der Waals surface area contributed by atoms with Gasteiger partial charge >= 0.3 is 0 Å². The molecule has 3 aliphatic heterocycles. The molecule has 0 bridgehead atoms. The summed E-state index contributed by atoms with van der Waals surface area (Å²) in [5, 5.41) is 0.187. The van der Waals surface area contributed by atoms with Crippen molar-refractivity contribution in [2.24, 2.45) is 0 Å². The van der Waals surface area contributed by atoms with E-state index < -0.39 is 16.6 Å². The fraction of sp³-hybridized carbons (Fsp3) is 0.512. The molecule has 0 saturated carbocycles. The molecule has 3 aliphatic rings. The lowest BCUT2D eigenvalue weighted by Gasteiger charge is -2.37. The standard InChI is InChI=1S/C41H57NO5SSi2/c1-40(2,3)49(7,8)46-31-16-18-35-36(27-31)44-23-19-34-33-17-15-32(47-50(9,10)41(4,5)6)28-37(33)45-39(38(34)35)29-11-13-30(14-12-29)43-24-20-42-21-25-48-26-22-42/h11-18,27-28,39H,19-26H2,1-10H3/t39-/m1/s1. The molecule has 3 aromatic carbocycles. The topological polar surface area (TPSA) is 49.4 Å². The number of thioether (sulfide) groups is 1. The van der Waals surface area contributed by atoms with Gasteiger partial charge in [0.05, 0.1) is 6.61 Å². The number of hydrogen-bond donors (Lipinski definition) is 0. The first-order valence-electron chi connectivity index (χ1n) is 18.2. The zero-order chi connectivity index (χ0) is 35.9. The van der Waals surface area contributed by atoms with Crippen molar-refractivity contribution in [3.8, 4) is 28.7 Å². The van der Waals surface area contributed by atoms with Crippen molar-refractivity contribution in [1.82, 2.24) is 4.90 Å². The Kier molecular flexibility index (Phi) is 10.5. The lowest BCUT2D eigenvalue weighted by atomic mass is 9.84. The van der Waals surface area contributed by atoms with E-state index in [-0.39, 0.29) is 16.2 Å². The lowest BCUT2D eigenvalue weighted by Crippen LogP contribution is -2.43. The van der Waals surface area contributed by atoms with Gasteiger partial charge in [0.15, 0.2) is 0 Å². The number of rotatable bonds is 9. The van der Waals surface area contributed by atoms with Crippen LogP contribution in [-0.4, -0.2) is 65.9 Å². The maximum absolute atomic E-state index is 7.04. The zero-order valence-electron chi connectivity index (χ0n) is 31.9. The van der Waals surface area contributed by atoms with Gasteiger partial charge in [-0.15, -0.1) is 0 Å². The second kappa shape index (κ2) is 14.3. The summed E-state index contributed by atoms with van der Waals surface area (Å²) in [7, 11) is -4.07. The monoisotopic (exact) mass is 731 g/mol. The van der Waals surface area contributed by atoms with Crippen LogP contribution < -0.4 is 23.1 Å². The molecule has 0 radical (unpaired) electrons. The maximum atomic E-state index is 7.04. The van der Waals surface area contributed by atoms with Gasteiger partial charge < -0.3 is 23.1 Å². The van der Waals surface area contributed by atoms with Gasteiger partial charge in [-0.25, -0.2) is 0 Å². The third-order valence-electron chi connectivity index (χ3n) is 11.3. The molecule has 3 heterocycles. The van der Waals surface area contributed by atoms with Crippen LogP contribution in [0.5, 0.6) is 28.7 Å². The summed E-state index contributed by atoms with van der Waals surface area (Å²) in [6.45, 7) is 27.3. The molecule has 1 saturated heterocycles. The van der Waals surface area contributed by atoms with Gasteiger partial charge in [-0.2, -0.15) is 11.8 Å². The number of benzene rings is 3. The van der Waals surface area contributed by atoms with Crippen LogP contribution in [0.3, 0.4) is 0 Å². The average molecular weight is 732 g/mol. The van der Waals surface area contributed by atoms with Crippen LogP contribution in [0.1, 0.15) is 70.8 Å². The fourth-order valence-corrected chi connectivity index (χ4v) is 9.16. The quantitative estimate of drug-likeness (QED) is 0.203. The van der Waals surface area contributed by atoms with Gasteiger partial charge in [0.25, 0.3) is 0 Å². The predicted octanol–water partition coefficient (Wildman–Crippen LogP) is 10.7. The van der Waals surface area contributed by atoms with E-state index in [1.54, 1.807) is 0 Å². The minimum Gasteiger partial charge on any atom is -0.543 e. The second-order valence-corrected chi connectivity index (χ2v) is 27.6. The van der Waals surface area contributed by atoms with Crippen molar-refractivity contribution >= 4 is 39.5 Å². The van der Waals surface area contributed by atoms with Gasteiger partial charge in [-0.3, -0.25) is 4.90 Å². The lowest BCUT2D eigenvalue weighted by molar-refractivity contribution is 0.222. The van der Waals surface area contributed by atoms with Gasteiger partial charge in [-0.05, 0) is 83.8 Å². The fourth-order valence-electron chi connectivity index (χ4n) is 6.13. The number of ether oxygens (including phenoxy) is 3. The molecule has 9 heteroatoms. The van der Waals surface area contributed by atoms with Gasteiger partial charge in [-0.1, -0.05) is 53.7 Å². The van der Waals surface area contributed by atoms with E-state index in [1.807, 2.05) is 11.8 Å². The third-order valence-corrected chi connectivity index (χ3v) is 20.9. The summed E-state index contributed by atoms with van der Waals surface area (Å²) in [4.78, 5) is 2.49. The molecule has 3 aromatic rings. The molecule has 0 spiro atoms. The molecule has 270 valence electrons. The molecule has 0 aliphatic carbocycles. The van der Waals surface area contributed by atoms with Crippen LogP contribution in [-0.2, 0) is 0 Å². The molecule has 1 atom stereocenters. The second-order valence-electron chi connectivity index (χ2n) is 16.9. The molecule has 0 unspecified atom stereocenters. The van der Waals surface area contributed by atoms with Crippen molar-refractivity contribution in [3.63, 3.8) is 0 Å². The molecule has 0 amide bonds. The maximum Gasteiger partial charge on any atom is 0.250 e. The number of nitrogens with zero attached hydrogens (tertiary/aromatic N) is 1. The van der Waals surface area contributed by atoms with E-state index in [9.17, 15) is 0 Å². The first-order valence-corrected chi connectivity index (χ1v) is 25.2. The largest absolute Gasteiger partial charge is 0.543 e. The van der Waals surface area contributed by atoms with E-state index in [1.165, 1.54) is 17.1 Å². The van der Waals surface area contributed by atoms with E-state index >= 15 is 0 Å². The van der Waals surface area contributed by atoms with E-state index in [2.05, 4.69) is 133 Å². The van der Waals surface area contributed by atoms with Crippen LogP contribution in [0.4, 0.5) is 0 Å². The first kappa shape index (κ1) is 36.9. The predicted molar refractivity (Wildman–Crippen MR) is 215 cm³/mol. The summed E-state index contributed by atoms with van der Waals surface area (Å²) in [5.41, 5.74) is 5.64. The summed E-state index contributed by atoms with van der Waals surface area (Å²) in [6, 6.07) is 21.3. The Bertz CT molecular complexity index is 1700. The Balaban J connectivity index is 1.35. The molecular formula is C41H57NO5SSi2. The Morgan fingerprint density at radius 1 is 0.740 bits per heavy atom. The van der Waals surface area contributed by atoms with Crippen molar-refractivity contribution in [2.75, 3.05) is 44.4 Å². The summed E-state index contributed by atoms with van der Waals surface area (Å²) in [5.74, 6) is 6.73. The van der Waals surface area contributed by atoms with Gasteiger partial charge in [0.2, 0.25) is 16.6 Å². The molecular weight excluding hydrogens is 675 g/mol. The number of hydrogen-bond acceptors (Lipinski definition) is 7. The van der Waals surface area contributed by atoms with Gasteiger partial charge in [0.1, 0.15) is 41.5 Å². The highest BCUT2D eigenvalue weighted by atomic mass is 32.2. The molecule has 6 rings (SSSR count). The SMILES string of the molecule is CC(C)(C)[Si](C)(C)Oc1ccc2c(c1)O[C@H](c1ccc(OCCN3CCSCC3)cc1)C1=C2CCOc2cc(O[Si](C)(C)C(C)(C)C)ccc21. The van der Waals surface area contributed by atoms with Crippen molar-refractivity contribution in [2.45, 2.75) is 90.3 Å². The minimum absolute atomic E-state index is 0.0914. The minimum atomic E-state index is -2.04. The zero-order valence-corrected chi connectivity index (χ0v) is 34.7. The van der Waals surface area contributed by atoms with Crippen LogP contribution in [0.15, 0.2) is 60.7 Å². The van der Waals surface area contributed by atoms with E-state index in [0.29, 0.717) is 13.2 Å². The normalized spacial score (nSPS) is 18.6. The summed E-state index contributed by atoms with van der Waals surface area (Å²) < 4.78 is 33.2. The highest BCUT2D eigenvalue weighted by molar-refractivity contribution is 7.99. The Morgan fingerprint density at radius 3 is 1.90 bits per heavy atom. The Morgan fingerprint density at radius 2 is 1.30 bits per heavy atom. The molecule has 0 aromatic heterocycles. The molecule has 50 heavy (non-hydrogen) atoms. The van der Waals surface area contributed by atoms with Gasteiger partial charge in [0, 0.05) is 66.4 Å². The van der Waals surface area contributed by atoms with Crippen LogP contribution in [0, 0.1) is 0 Å². The average Bonchev–Trinajstić information content (AvgIpc) is 3.23. The smallest absolute Gasteiger partial charge is 0.250 e. The highest BCUT2D eigenvalue weighted by Gasteiger charge is 2.41. The Labute approximate surface area is 307 Å². The molecule has 0 N–H and O–H groups in total. The van der Waals surface area contributed by atoms with Crippen LogP contribution in [0.25, 0.3) is 11.1 Å². The van der Waals surface area contributed by atoms with Crippen molar-refractivity contribution in [3.05, 3.63) is 77.4 Å².